The Balaban J connectivity index is 1.98. The molecule has 0 spiro atoms. The summed E-state index contributed by atoms with van der Waals surface area (Å²) in [6, 6.07) is 6.83. The molecular formula is C16H20N2O6. The van der Waals surface area contributed by atoms with Gasteiger partial charge >= 0.3 is 11.9 Å². The normalized spacial score (nSPS) is 21.3. The summed E-state index contributed by atoms with van der Waals surface area (Å²) < 4.78 is 5.72. The predicted octanol–water partition coefficient (Wildman–Crippen LogP) is 0.312. The molecule has 1 aliphatic rings. The molecule has 8 heteroatoms. The average Bonchev–Trinajstić information content (AvgIpc) is 2.97. The van der Waals surface area contributed by atoms with Crippen molar-refractivity contribution in [2.45, 2.75) is 37.5 Å². The van der Waals surface area contributed by atoms with Gasteiger partial charge in [-0.2, -0.15) is 0 Å². The fourth-order valence-electron chi connectivity index (χ4n) is 2.63. The largest absolute Gasteiger partial charge is 0.488 e. The maximum absolute atomic E-state index is 12.2. The molecule has 1 aromatic carbocycles. The summed E-state index contributed by atoms with van der Waals surface area (Å²) >= 11 is 0. The van der Waals surface area contributed by atoms with E-state index >= 15 is 0 Å². The number of carboxylic acids is 2. The number of carbonyl (C=O) groups is 3. The topological polar surface area (TPSA) is 130 Å². The van der Waals surface area contributed by atoms with E-state index in [2.05, 4.69) is 0 Å². The quantitative estimate of drug-likeness (QED) is 0.653. The van der Waals surface area contributed by atoms with Gasteiger partial charge in [0.15, 0.2) is 0 Å². The summed E-state index contributed by atoms with van der Waals surface area (Å²) in [5, 5.41) is 18.1. The highest BCUT2D eigenvalue weighted by atomic mass is 16.5. The predicted molar refractivity (Wildman–Crippen MR) is 83.5 cm³/mol. The molecule has 1 saturated heterocycles. The Kier molecular flexibility index (Phi) is 5.75. The van der Waals surface area contributed by atoms with Gasteiger partial charge in [0.25, 0.3) is 0 Å². The van der Waals surface area contributed by atoms with Crippen molar-refractivity contribution in [3.05, 3.63) is 30.3 Å². The number of amides is 1. The van der Waals surface area contributed by atoms with E-state index < -0.39 is 36.0 Å². The first-order chi connectivity index (χ1) is 11.4. The van der Waals surface area contributed by atoms with Crippen LogP contribution in [0.15, 0.2) is 30.3 Å². The fourth-order valence-corrected chi connectivity index (χ4v) is 2.63. The van der Waals surface area contributed by atoms with E-state index in [0.29, 0.717) is 5.75 Å². The van der Waals surface area contributed by atoms with Crippen molar-refractivity contribution in [1.29, 1.82) is 0 Å². The summed E-state index contributed by atoms with van der Waals surface area (Å²) in [5.74, 6) is -2.12. The molecule has 0 aliphatic carbocycles. The minimum absolute atomic E-state index is 0.0405. The molecule has 24 heavy (non-hydrogen) atoms. The first kappa shape index (κ1) is 17.7. The molecule has 0 saturated carbocycles. The number of hydrogen-bond donors (Lipinski definition) is 3. The molecule has 0 radical (unpaired) electrons. The maximum Gasteiger partial charge on any atom is 0.326 e. The molecule has 4 N–H and O–H groups in total. The Morgan fingerprint density at radius 3 is 2.50 bits per heavy atom. The maximum atomic E-state index is 12.2. The lowest BCUT2D eigenvalue weighted by atomic mass is 10.1. The number of ether oxygens (including phenoxy) is 1. The third-order valence-electron chi connectivity index (χ3n) is 3.90. The van der Waals surface area contributed by atoms with Crippen molar-refractivity contribution in [2.24, 2.45) is 5.73 Å². The van der Waals surface area contributed by atoms with Gasteiger partial charge in [-0.15, -0.1) is 0 Å². The zero-order valence-electron chi connectivity index (χ0n) is 13.0. The van der Waals surface area contributed by atoms with Crippen LogP contribution in [0, 0.1) is 0 Å². The Morgan fingerprint density at radius 1 is 1.25 bits per heavy atom. The van der Waals surface area contributed by atoms with Crippen LogP contribution in [0.25, 0.3) is 0 Å². The first-order valence-electron chi connectivity index (χ1n) is 7.61. The summed E-state index contributed by atoms with van der Waals surface area (Å²) in [6.45, 7) is 0.146. The van der Waals surface area contributed by atoms with E-state index in [9.17, 15) is 19.5 Å². The summed E-state index contributed by atoms with van der Waals surface area (Å²) in [6.07, 6.45) is -0.400. The van der Waals surface area contributed by atoms with Crippen LogP contribution >= 0.6 is 0 Å². The molecular weight excluding hydrogens is 316 g/mol. The summed E-state index contributed by atoms with van der Waals surface area (Å²) in [7, 11) is 0. The third-order valence-corrected chi connectivity index (χ3v) is 3.90. The Bertz CT molecular complexity index is 606. The van der Waals surface area contributed by atoms with E-state index in [1.165, 1.54) is 4.90 Å². The highest BCUT2D eigenvalue weighted by Crippen LogP contribution is 2.24. The van der Waals surface area contributed by atoms with Gasteiger partial charge in [-0.05, 0) is 18.6 Å². The van der Waals surface area contributed by atoms with Gasteiger partial charge in [-0.25, -0.2) is 4.79 Å². The van der Waals surface area contributed by atoms with Crippen LogP contribution in [0.1, 0.15) is 19.3 Å². The number of rotatable bonds is 7. The van der Waals surface area contributed by atoms with Crippen LogP contribution in [-0.4, -0.2) is 57.7 Å². The molecule has 1 aromatic rings. The van der Waals surface area contributed by atoms with E-state index in [1.54, 1.807) is 24.3 Å². The van der Waals surface area contributed by atoms with Gasteiger partial charge in [0.2, 0.25) is 5.91 Å². The number of aliphatic carboxylic acids is 2. The minimum Gasteiger partial charge on any atom is -0.488 e. The molecule has 0 unspecified atom stereocenters. The Hall–Kier alpha value is -2.61. The second-order valence-corrected chi connectivity index (χ2v) is 5.67. The Labute approximate surface area is 138 Å². The number of benzene rings is 1. The second-order valence-electron chi connectivity index (χ2n) is 5.67. The third kappa shape index (κ3) is 4.45. The summed E-state index contributed by atoms with van der Waals surface area (Å²) in [4.78, 5) is 35.6. The highest BCUT2D eigenvalue weighted by Gasteiger charge is 2.40. The Morgan fingerprint density at radius 2 is 1.92 bits per heavy atom. The van der Waals surface area contributed by atoms with Gasteiger partial charge in [-0.1, -0.05) is 18.2 Å². The van der Waals surface area contributed by atoms with Gasteiger partial charge < -0.3 is 25.6 Å². The van der Waals surface area contributed by atoms with Crippen LogP contribution in [-0.2, 0) is 14.4 Å². The molecule has 130 valence electrons. The lowest BCUT2D eigenvalue weighted by molar-refractivity contribution is -0.148. The van der Waals surface area contributed by atoms with Crippen molar-refractivity contribution >= 4 is 17.8 Å². The standard InChI is InChI=1S/C16H20N2O6/c17-12(15(20)21)6-7-14(19)18-9-11(8-13(18)16(22)23)24-10-4-2-1-3-5-10/h1-5,11-13H,6-9,17H2,(H,20,21)(H,22,23)/t11-,12+,13+/m1/s1. The number of carbonyl (C=O) groups excluding carboxylic acids is 1. The molecule has 0 bridgehead atoms. The van der Waals surface area contributed by atoms with Crippen LogP contribution in [0.3, 0.4) is 0 Å². The van der Waals surface area contributed by atoms with Crippen LogP contribution in [0.4, 0.5) is 0 Å². The van der Waals surface area contributed by atoms with E-state index in [-0.39, 0.29) is 25.8 Å². The minimum atomic E-state index is -1.19. The zero-order chi connectivity index (χ0) is 17.7. The van der Waals surface area contributed by atoms with Crippen LogP contribution in [0.2, 0.25) is 0 Å². The van der Waals surface area contributed by atoms with Crippen molar-refractivity contribution in [2.75, 3.05) is 6.54 Å². The lowest BCUT2D eigenvalue weighted by Gasteiger charge is -2.21. The monoisotopic (exact) mass is 336 g/mol. The SMILES string of the molecule is N[C@@H](CCC(=O)N1C[C@H](Oc2ccccc2)C[C@H]1C(=O)O)C(=O)O. The first-order valence-corrected chi connectivity index (χ1v) is 7.61. The van der Waals surface area contributed by atoms with E-state index in [1.807, 2.05) is 6.07 Å². The van der Waals surface area contributed by atoms with Crippen molar-refractivity contribution in [3.8, 4) is 5.75 Å². The second kappa shape index (κ2) is 7.78. The lowest BCUT2D eigenvalue weighted by Crippen LogP contribution is -2.41. The fraction of sp³-hybridized carbons (Fsp3) is 0.438. The van der Waals surface area contributed by atoms with Crippen molar-refractivity contribution in [1.82, 2.24) is 4.90 Å². The average molecular weight is 336 g/mol. The van der Waals surface area contributed by atoms with Crippen molar-refractivity contribution in [3.63, 3.8) is 0 Å². The van der Waals surface area contributed by atoms with E-state index in [4.69, 9.17) is 15.6 Å². The number of nitrogens with two attached hydrogens (primary N) is 1. The summed E-state index contributed by atoms with van der Waals surface area (Å²) in [5.41, 5.74) is 5.38. The molecule has 3 atom stereocenters. The molecule has 1 amide bonds. The van der Waals surface area contributed by atoms with E-state index in [0.717, 1.165) is 0 Å². The van der Waals surface area contributed by atoms with Crippen molar-refractivity contribution < 1.29 is 29.3 Å². The zero-order valence-corrected chi connectivity index (χ0v) is 13.0. The van der Waals surface area contributed by atoms with Gasteiger partial charge in [0.05, 0.1) is 6.54 Å². The van der Waals surface area contributed by atoms with Gasteiger partial charge in [0, 0.05) is 12.8 Å². The van der Waals surface area contributed by atoms with Gasteiger partial charge in [0.1, 0.15) is 23.9 Å². The van der Waals surface area contributed by atoms with Crippen LogP contribution in [0.5, 0.6) is 5.75 Å². The molecule has 2 rings (SSSR count). The number of nitrogens with zero attached hydrogens (tertiary/aromatic N) is 1. The number of likely N-dealkylation sites (tertiary alicyclic amines) is 1. The molecule has 0 aromatic heterocycles. The molecule has 1 fully saturated rings. The van der Waals surface area contributed by atoms with Gasteiger partial charge in [-0.3, -0.25) is 9.59 Å². The smallest absolute Gasteiger partial charge is 0.326 e. The van der Waals surface area contributed by atoms with Crippen LogP contribution < -0.4 is 10.5 Å². The molecule has 1 aliphatic heterocycles. The number of carboxylic acid groups (broad SMARTS) is 2. The number of hydrogen-bond acceptors (Lipinski definition) is 5. The highest BCUT2D eigenvalue weighted by molar-refractivity contribution is 5.85. The molecule has 1 heterocycles. The number of para-hydroxylation sites is 1. The molecule has 8 nitrogen and oxygen atoms in total.